The smallest absolute Gasteiger partial charge is 0.144 e. The van der Waals surface area contributed by atoms with E-state index in [0.29, 0.717) is 10.8 Å². The second-order valence-electron chi connectivity index (χ2n) is 17.1. The minimum absolute atomic E-state index is 0.183. The number of benzene rings is 3. The van der Waals surface area contributed by atoms with Crippen LogP contribution in [0.15, 0.2) is 103 Å². The average molecular weight is 629 g/mol. The van der Waals surface area contributed by atoms with Gasteiger partial charge < -0.3 is 4.74 Å². The molecule has 8 atom stereocenters. The van der Waals surface area contributed by atoms with Crippen molar-refractivity contribution in [2.45, 2.75) is 117 Å². The largest absolute Gasteiger partial charge is 0.357 e. The predicted octanol–water partition coefficient (Wildman–Crippen LogP) is 12.4. The molecular weight excluding hydrogens is 569 g/mol. The maximum Gasteiger partial charge on any atom is 0.144 e. The van der Waals surface area contributed by atoms with Crippen molar-refractivity contribution in [3.63, 3.8) is 0 Å². The van der Waals surface area contributed by atoms with Crippen molar-refractivity contribution in [2.75, 3.05) is 0 Å². The van der Waals surface area contributed by atoms with E-state index in [1.807, 2.05) is 0 Å². The molecule has 0 spiro atoms. The third-order valence-electron chi connectivity index (χ3n) is 14.1. The molecule has 7 rings (SSSR count). The molecule has 4 aliphatic rings. The van der Waals surface area contributed by atoms with Crippen LogP contribution in [-0.4, -0.2) is 6.10 Å². The fraction of sp³-hybridized carbons (Fsp3) is 0.565. The lowest BCUT2D eigenvalue weighted by Gasteiger charge is -2.59. The van der Waals surface area contributed by atoms with E-state index in [0.717, 1.165) is 48.3 Å². The van der Waals surface area contributed by atoms with Crippen LogP contribution in [0.1, 0.15) is 122 Å². The van der Waals surface area contributed by atoms with E-state index in [9.17, 15) is 0 Å². The first kappa shape index (κ1) is 32.9. The fourth-order valence-electron chi connectivity index (χ4n) is 11.7. The summed E-state index contributed by atoms with van der Waals surface area (Å²) in [6.45, 7) is 12.8. The van der Waals surface area contributed by atoms with E-state index >= 15 is 0 Å². The molecule has 0 unspecified atom stereocenters. The summed E-state index contributed by atoms with van der Waals surface area (Å²) in [5.74, 6) is 5.23. The lowest BCUT2D eigenvalue weighted by atomic mass is 9.47. The molecule has 4 aliphatic carbocycles. The Morgan fingerprint density at radius 3 is 1.87 bits per heavy atom. The van der Waals surface area contributed by atoms with E-state index in [1.54, 1.807) is 5.57 Å². The lowest BCUT2D eigenvalue weighted by molar-refractivity contribution is -0.0895. The van der Waals surface area contributed by atoms with Gasteiger partial charge in [-0.2, -0.15) is 0 Å². The first-order chi connectivity index (χ1) is 22.8. The van der Waals surface area contributed by atoms with Crippen molar-refractivity contribution in [3.05, 3.63) is 119 Å². The van der Waals surface area contributed by atoms with Gasteiger partial charge in [0.15, 0.2) is 0 Å². The molecule has 0 heterocycles. The molecule has 0 radical (unpaired) electrons. The number of rotatable bonds is 10. The average Bonchev–Trinajstić information content (AvgIpc) is 3.45. The van der Waals surface area contributed by atoms with E-state index in [1.165, 1.54) is 74.5 Å². The van der Waals surface area contributed by atoms with E-state index < -0.39 is 5.60 Å². The molecule has 1 nitrogen and oxygen atoms in total. The fourth-order valence-corrected chi connectivity index (χ4v) is 11.7. The minimum Gasteiger partial charge on any atom is -0.357 e. The molecule has 250 valence electrons. The lowest BCUT2D eigenvalue weighted by Crippen LogP contribution is -2.51. The summed E-state index contributed by atoms with van der Waals surface area (Å²) in [5, 5.41) is 0. The van der Waals surface area contributed by atoms with Crippen LogP contribution in [-0.2, 0) is 10.3 Å². The standard InChI is InChI=1S/C46H60O/c1-33(2)16-15-17-34(3)41-26-27-42-40-25-24-38-32-39(28-30-44(38,4)43(40)29-31-45(41,42)5)47-46(35-18-9-6-10-19-35,36-20-11-7-12-21-36)37-22-13-8-14-23-37/h6-14,18-24,33-34,39-43H,15-17,25-32H2,1-5H3/t34-,39+,40+,41-,42+,43+,44+,45-/m1/s1. The van der Waals surface area contributed by atoms with Crippen LogP contribution in [0, 0.1) is 46.3 Å². The molecule has 3 aromatic carbocycles. The van der Waals surface area contributed by atoms with Gasteiger partial charge in [0.25, 0.3) is 0 Å². The Labute approximate surface area is 286 Å². The van der Waals surface area contributed by atoms with Crippen molar-refractivity contribution >= 4 is 0 Å². The van der Waals surface area contributed by atoms with E-state index in [4.69, 9.17) is 4.74 Å². The molecule has 0 saturated heterocycles. The third kappa shape index (κ3) is 5.88. The van der Waals surface area contributed by atoms with Crippen molar-refractivity contribution in [1.29, 1.82) is 0 Å². The van der Waals surface area contributed by atoms with Crippen LogP contribution in [0.5, 0.6) is 0 Å². The van der Waals surface area contributed by atoms with Crippen molar-refractivity contribution < 1.29 is 4.74 Å². The van der Waals surface area contributed by atoms with Crippen LogP contribution in [0.2, 0.25) is 0 Å². The molecule has 0 N–H and O–H groups in total. The zero-order valence-corrected chi connectivity index (χ0v) is 30.0. The van der Waals surface area contributed by atoms with Crippen molar-refractivity contribution in [2.24, 2.45) is 46.3 Å². The number of hydrogen-bond donors (Lipinski definition) is 0. The van der Waals surface area contributed by atoms with Crippen LogP contribution in [0.3, 0.4) is 0 Å². The van der Waals surface area contributed by atoms with Gasteiger partial charge in [0.1, 0.15) is 5.60 Å². The van der Waals surface area contributed by atoms with Crippen LogP contribution in [0.25, 0.3) is 0 Å². The molecule has 0 aromatic heterocycles. The van der Waals surface area contributed by atoms with Crippen molar-refractivity contribution in [1.82, 2.24) is 0 Å². The molecule has 3 aromatic rings. The van der Waals surface area contributed by atoms with Gasteiger partial charge in [-0.3, -0.25) is 0 Å². The summed E-state index contributed by atoms with van der Waals surface area (Å²) in [6, 6.07) is 32.9. The van der Waals surface area contributed by atoms with E-state index in [2.05, 4.69) is 132 Å². The zero-order valence-electron chi connectivity index (χ0n) is 30.0. The number of ether oxygens (including phenoxy) is 1. The Balaban J connectivity index is 1.14. The predicted molar refractivity (Wildman–Crippen MR) is 197 cm³/mol. The Bertz CT molecular complexity index is 1390. The highest BCUT2D eigenvalue weighted by atomic mass is 16.5. The topological polar surface area (TPSA) is 9.23 Å². The van der Waals surface area contributed by atoms with Gasteiger partial charge >= 0.3 is 0 Å². The Morgan fingerprint density at radius 2 is 1.30 bits per heavy atom. The minimum atomic E-state index is -0.642. The summed E-state index contributed by atoms with van der Waals surface area (Å²) in [4.78, 5) is 0. The molecule has 3 saturated carbocycles. The highest BCUT2D eigenvalue weighted by Gasteiger charge is 2.59. The van der Waals surface area contributed by atoms with Crippen LogP contribution >= 0.6 is 0 Å². The maximum absolute atomic E-state index is 7.60. The normalized spacial score (nSPS) is 32.6. The molecule has 3 fully saturated rings. The van der Waals surface area contributed by atoms with Gasteiger partial charge in [0.05, 0.1) is 6.10 Å². The first-order valence-corrected chi connectivity index (χ1v) is 19.3. The Kier molecular flexibility index (Phi) is 9.34. The van der Waals surface area contributed by atoms with Gasteiger partial charge in [-0.1, -0.05) is 157 Å². The zero-order chi connectivity index (χ0) is 32.6. The van der Waals surface area contributed by atoms with E-state index in [-0.39, 0.29) is 6.10 Å². The molecule has 0 amide bonds. The van der Waals surface area contributed by atoms with Crippen molar-refractivity contribution in [3.8, 4) is 0 Å². The monoisotopic (exact) mass is 628 g/mol. The number of allylic oxidation sites excluding steroid dienone is 1. The maximum atomic E-state index is 7.60. The van der Waals surface area contributed by atoms with Gasteiger partial charge in [-0.25, -0.2) is 0 Å². The molecule has 1 heteroatoms. The molecule has 0 bridgehead atoms. The summed E-state index contributed by atoms with van der Waals surface area (Å²) in [6.07, 6.45) is 17.7. The Morgan fingerprint density at radius 1 is 0.702 bits per heavy atom. The molecule has 0 aliphatic heterocycles. The highest BCUT2D eigenvalue weighted by molar-refractivity contribution is 5.47. The molecular formula is C46H60O. The summed E-state index contributed by atoms with van der Waals surface area (Å²) in [5.41, 5.74) is 5.56. The third-order valence-corrected chi connectivity index (χ3v) is 14.1. The molecule has 47 heavy (non-hydrogen) atoms. The first-order valence-electron chi connectivity index (χ1n) is 19.3. The number of fused-ring (bicyclic) bond motifs is 5. The Hall–Kier alpha value is -2.64. The summed E-state index contributed by atoms with van der Waals surface area (Å²) >= 11 is 0. The summed E-state index contributed by atoms with van der Waals surface area (Å²) in [7, 11) is 0. The van der Waals surface area contributed by atoms with Gasteiger partial charge in [0, 0.05) is 0 Å². The highest BCUT2D eigenvalue weighted by Crippen LogP contribution is 2.67. The van der Waals surface area contributed by atoms with Gasteiger partial charge in [0.2, 0.25) is 0 Å². The van der Waals surface area contributed by atoms with Crippen LogP contribution < -0.4 is 0 Å². The SMILES string of the molecule is CC(C)CCC[C@@H](C)[C@H]1CC[C@H]2[C@@H]3CC=C4C[C@@H](OC(c5ccccc5)(c5ccccc5)c5ccccc5)CC[C@]4(C)[C@H]3CC[C@]12C. The quantitative estimate of drug-likeness (QED) is 0.160. The number of hydrogen-bond acceptors (Lipinski definition) is 1. The summed E-state index contributed by atoms with van der Waals surface area (Å²) < 4.78 is 7.60. The second-order valence-corrected chi connectivity index (χ2v) is 17.1. The van der Waals surface area contributed by atoms with Gasteiger partial charge in [-0.05, 0) is 114 Å². The van der Waals surface area contributed by atoms with Gasteiger partial charge in [-0.15, -0.1) is 0 Å². The second kappa shape index (κ2) is 13.3. The van der Waals surface area contributed by atoms with Crippen LogP contribution in [0.4, 0.5) is 0 Å².